The second kappa shape index (κ2) is 3.99. The topological polar surface area (TPSA) is 72.2 Å². The Labute approximate surface area is 82.9 Å². The van der Waals surface area contributed by atoms with Crippen molar-refractivity contribution in [3.05, 3.63) is 33.9 Å². The standard InChI is InChI=1S/C8H6F2N2O3/c1-4(13)11-5-2-3-6(12(14)15)8(10)7(5)9/h2-3H,1H3,(H,11,13). The monoisotopic (exact) mass is 216 g/mol. The molecule has 80 valence electrons. The molecule has 1 aromatic carbocycles. The Balaban J connectivity index is 3.21. The van der Waals surface area contributed by atoms with Crippen LogP contribution in [-0.4, -0.2) is 10.8 Å². The number of nitro groups is 1. The summed E-state index contributed by atoms with van der Waals surface area (Å²) < 4.78 is 26.1. The molecular weight excluding hydrogens is 210 g/mol. The number of nitro benzene ring substituents is 1. The first kappa shape index (κ1) is 11.0. The second-order valence-electron chi connectivity index (χ2n) is 2.70. The van der Waals surface area contributed by atoms with Crippen molar-refractivity contribution in [3.8, 4) is 0 Å². The van der Waals surface area contributed by atoms with Crippen LogP contribution >= 0.6 is 0 Å². The predicted octanol–water partition coefficient (Wildman–Crippen LogP) is 1.83. The van der Waals surface area contributed by atoms with E-state index < -0.39 is 33.8 Å². The molecule has 0 saturated carbocycles. The molecule has 0 fully saturated rings. The molecule has 0 saturated heterocycles. The first-order chi connectivity index (χ1) is 6.93. The first-order valence-corrected chi connectivity index (χ1v) is 3.83. The van der Waals surface area contributed by atoms with Gasteiger partial charge in [0.25, 0.3) is 0 Å². The molecule has 0 spiro atoms. The van der Waals surface area contributed by atoms with E-state index in [1.807, 2.05) is 5.32 Å². The van der Waals surface area contributed by atoms with Crippen LogP contribution in [0.3, 0.4) is 0 Å². The number of hydrogen-bond donors (Lipinski definition) is 1. The van der Waals surface area contributed by atoms with Gasteiger partial charge in [-0.2, -0.15) is 4.39 Å². The van der Waals surface area contributed by atoms with Crippen molar-refractivity contribution >= 4 is 17.3 Å². The van der Waals surface area contributed by atoms with Crippen LogP contribution in [0.4, 0.5) is 20.2 Å². The van der Waals surface area contributed by atoms with Gasteiger partial charge in [-0.3, -0.25) is 14.9 Å². The average Bonchev–Trinajstić information content (AvgIpc) is 2.12. The molecule has 0 aliphatic heterocycles. The minimum Gasteiger partial charge on any atom is -0.324 e. The van der Waals surface area contributed by atoms with Crippen LogP contribution in [0.5, 0.6) is 0 Å². The average molecular weight is 216 g/mol. The highest BCUT2D eigenvalue weighted by Gasteiger charge is 2.21. The van der Waals surface area contributed by atoms with Gasteiger partial charge in [-0.15, -0.1) is 0 Å². The lowest BCUT2D eigenvalue weighted by Crippen LogP contribution is -2.09. The SMILES string of the molecule is CC(=O)Nc1ccc([N+](=O)[O-])c(F)c1F. The van der Waals surface area contributed by atoms with Crippen molar-refractivity contribution in [2.45, 2.75) is 6.92 Å². The predicted molar refractivity (Wildman–Crippen MR) is 47.3 cm³/mol. The minimum absolute atomic E-state index is 0.425. The van der Waals surface area contributed by atoms with Crippen LogP contribution in [0.25, 0.3) is 0 Å². The zero-order valence-electron chi connectivity index (χ0n) is 7.58. The molecule has 1 N–H and O–H groups in total. The second-order valence-corrected chi connectivity index (χ2v) is 2.70. The molecule has 0 heterocycles. The van der Waals surface area contributed by atoms with Gasteiger partial charge in [0, 0.05) is 13.0 Å². The Morgan fingerprint density at radius 2 is 2.00 bits per heavy atom. The fraction of sp³-hybridized carbons (Fsp3) is 0.125. The first-order valence-electron chi connectivity index (χ1n) is 3.83. The van der Waals surface area contributed by atoms with Gasteiger partial charge in [-0.25, -0.2) is 4.39 Å². The quantitative estimate of drug-likeness (QED) is 0.605. The van der Waals surface area contributed by atoms with Crippen LogP contribution < -0.4 is 5.32 Å². The molecule has 15 heavy (non-hydrogen) atoms. The molecule has 0 atom stereocenters. The molecule has 5 nitrogen and oxygen atoms in total. The molecule has 0 unspecified atom stereocenters. The maximum Gasteiger partial charge on any atom is 0.308 e. The summed E-state index contributed by atoms with van der Waals surface area (Å²) in [5, 5.41) is 12.2. The third-order valence-corrected chi connectivity index (χ3v) is 1.57. The highest BCUT2D eigenvalue weighted by Crippen LogP contribution is 2.25. The molecule has 0 aliphatic rings. The lowest BCUT2D eigenvalue weighted by Gasteiger charge is -2.03. The summed E-state index contributed by atoms with van der Waals surface area (Å²) in [4.78, 5) is 19.7. The summed E-state index contributed by atoms with van der Waals surface area (Å²) in [5.41, 5.74) is -1.40. The van der Waals surface area contributed by atoms with Crippen LogP contribution in [0, 0.1) is 21.7 Å². The van der Waals surface area contributed by atoms with E-state index in [0.717, 1.165) is 19.1 Å². The fourth-order valence-electron chi connectivity index (χ4n) is 0.966. The Morgan fingerprint density at radius 3 is 2.47 bits per heavy atom. The molecule has 1 amide bonds. The van der Waals surface area contributed by atoms with Crippen LogP contribution in [-0.2, 0) is 4.79 Å². The van der Waals surface area contributed by atoms with E-state index in [-0.39, 0.29) is 0 Å². The number of hydrogen-bond acceptors (Lipinski definition) is 3. The van der Waals surface area contributed by atoms with Gasteiger partial charge >= 0.3 is 5.69 Å². The number of carbonyl (C=O) groups is 1. The van der Waals surface area contributed by atoms with Gasteiger partial charge in [0.1, 0.15) is 0 Å². The van der Waals surface area contributed by atoms with Gasteiger partial charge in [0.05, 0.1) is 10.6 Å². The normalized spacial score (nSPS) is 9.80. The Bertz CT molecular complexity index is 434. The summed E-state index contributed by atoms with van der Waals surface area (Å²) in [6.45, 7) is 1.11. The van der Waals surface area contributed by atoms with E-state index in [9.17, 15) is 23.7 Å². The molecule has 0 aromatic heterocycles. The third-order valence-electron chi connectivity index (χ3n) is 1.57. The maximum absolute atomic E-state index is 13.1. The van der Waals surface area contributed by atoms with Gasteiger partial charge in [0.15, 0.2) is 5.82 Å². The van der Waals surface area contributed by atoms with Gasteiger partial charge in [-0.05, 0) is 6.07 Å². The number of nitrogens with zero attached hydrogens (tertiary/aromatic N) is 1. The summed E-state index contributed by atoms with van der Waals surface area (Å²) >= 11 is 0. The minimum atomic E-state index is -1.59. The highest BCUT2D eigenvalue weighted by atomic mass is 19.2. The van der Waals surface area contributed by atoms with E-state index in [1.165, 1.54) is 0 Å². The number of nitrogens with one attached hydrogen (secondary N) is 1. The Hall–Kier alpha value is -2.05. The highest BCUT2D eigenvalue weighted by molar-refractivity contribution is 5.88. The lowest BCUT2D eigenvalue weighted by molar-refractivity contribution is -0.387. The van der Waals surface area contributed by atoms with E-state index in [4.69, 9.17) is 0 Å². The van der Waals surface area contributed by atoms with Crippen molar-refractivity contribution in [1.82, 2.24) is 0 Å². The maximum atomic E-state index is 13.1. The summed E-state index contributed by atoms with van der Waals surface area (Å²) in [5.74, 6) is -3.63. The molecule has 0 bridgehead atoms. The Kier molecular flexibility index (Phi) is 2.93. The van der Waals surface area contributed by atoms with Gasteiger partial charge in [-0.1, -0.05) is 0 Å². The lowest BCUT2D eigenvalue weighted by atomic mass is 10.2. The van der Waals surface area contributed by atoms with Crippen molar-refractivity contribution in [1.29, 1.82) is 0 Å². The van der Waals surface area contributed by atoms with E-state index in [1.54, 1.807) is 0 Å². The molecule has 0 aliphatic carbocycles. The van der Waals surface area contributed by atoms with E-state index >= 15 is 0 Å². The van der Waals surface area contributed by atoms with Crippen LogP contribution in [0.2, 0.25) is 0 Å². The largest absolute Gasteiger partial charge is 0.324 e. The van der Waals surface area contributed by atoms with Crippen molar-refractivity contribution < 1.29 is 18.5 Å². The fourth-order valence-corrected chi connectivity index (χ4v) is 0.966. The van der Waals surface area contributed by atoms with Crippen LogP contribution in [0.1, 0.15) is 6.92 Å². The number of carbonyl (C=O) groups excluding carboxylic acids is 1. The Morgan fingerprint density at radius 1 is 1.40 bits per heavy atom. The summed E-state index contributed by atoms with van der Waals surface area (Å²) in [6, 6.07) is 1.71. The number of anilines is 1. The molecule has 7 heteroatoms. The zero-order chi connectivity index (χ0) is 11.6. The molecule has 1 aromatic rings. The molecule has 0 radical (unpaired) electrons. The van der Waals surface area contributed by atoms with E-state index in [2.05, 4.69) is 0 Å². The van der Waals surface area contributed by atoms with E-state index in [0.29, 0.717) is 0 Å². The molecule has 1 rings (SSSR count). The molecular formula is C8H6F2N2O3. The smallest absolute Gasteiger partial charge is 0.308 e. The van der Waals surface area contributed by atoms with Gasteiger partial charge < -0.3 is 5.32 Å². The third kappa shape index (κ3) is 2.25. The van der Waals surface area contributed by atoms with Crippen LogP contribution in [0.15, 0.2) is 12.1 Å². The zero-order valence-corrected chi connectivity index (χ0v) is 7.58. The summed E-state index contributed by atoms with van der Waals surface area (Å²) in [6.07, 6.45) is 0. The number of rotatable bonds is 2. The number of halogens is 2. The van der Waals surface area contributed by atoms with Crippen molar-refractivity contribution in [3.63, 3.8) is 0 Å². The van der Waals surface area contributed by atoms with Crippen molar-refractivity contribution in [2.75, 3.05) is 5.32 Å². The summed E-state index contributed by atoms with van der Waals surface area (Å²) in [7, 11) is 0. The van der Waals surface area contributed by atoms with Crippen molar-refractivity contribution in [2.24, 2.45) is 0 Å². The van der Waals surface area contributed by atoms with Gasteiger partial charge in [0.2, 0.25) is 11.7 Å². The number of benzene rings is 1. The number of amides is 1.